The fourth-order valence-corrected chi connectivity index (χ4v) is 1.97. The van der Waals surface area contributed by atoms with Crippen molar-refractivity contribution in [3.8, 4) is 0 Å². The molecule has 80 valence electrons. The third kappa shape index (κ3) is 2.05. The fraction of sp³-hybridized carbons (Fsp3) is 0.385. The maximum absolute atomic E-state index is 2.23. The van der Waals surface area contributed by atoms with Crippen molar-refractivity contribution in [3.63, 3.8) is 0 Å². The van der Waals surface area contributed by atoms with Gasteiger partial charge in [0, 0.05) is 24.5 Å². The van der Waals surface area contributed by atoms with Crippen molar-refractivity contribution in [2.75, 3.05) is 20.6 Å². The first kappa shape index (κ1) is 10.2. The first-order chi connectivity index (χ1) is 7.18. The number of likely N-dealkylation sites (N-methyl/N-ethyl adjacent to an activating group) is 1. The van der Waals surface area contributed by atoms with Crippen LogP contribution in [0.2, 0.25) is 0 Å². The highest BCUT2D eigenvalue weighted by Gasteiger charge is 2.06. The molecule has 15 heavy (non-hydrogen) atoms. The highest BCUT2D eigenvalue weighted by atomic mass is 15.0. The maximum atomic E-state index is 2.23. The predicted molar refractivity (Wildman–Crippen MR) is 64.4 cm³/mol. The molecule has 0 spiro atoms. The minimum absolute atomic E-state index is 1.11. The Kier molecular flexibility index (Phi) is 2.78. The molecule has 2 aromatic heterocycles. The third-order valence-corrected chi connectivity index (χ3v) is 2.82. The average Bonchev–Trinajstić information content (AvgIpc) is 2.50. The molecule has 0 aliphatic rings. The highest BCUT2D eigenvalue weighted by molar-refractivity contribution is 5.59. The van der Waals surface area contributed by atoms with E-state index >= 15 is 0 Å². The molecule has 0 radical (unpaired) electrons. The van der Waals surface area contributed by atoms with Gasteiger partial charge in [0.25, 0.3) is 0 Å². The van der Waals surface area contributed by atoms with Crippen LogP contribution < -0.4 is 0 Å². The summed E-state index contributed by atoms with van der Waals surface area (Å²) in [5, 5.41) is 0. The number of nitrogens with zero attached hydrogens (tertiary/aromatic N) is 2. The van der Waals surface area contributed by atoms with Gasteiger partial charge in [0.1, 0.15) is 0 Å². The van der Waals surface area contributed by atoms with Gasteiger partial charge in [-0.25, -0.2) is 0 Å². The molecule has 2 heterocycles. The molecule has 0 bridgehead atoms. The minimum atomic E-state index is 1.11. The molecule has 2 aromatic rings. The van der Waals surface area contributed by atoms with E-state index < -0.39 is 0 Å². The number of rotatable bonds is 3. The lowest BCUT2D eigenvalue weighted by atomic mass is 10.1. The summed E-state index contributed by atoms with van der Waals surface area (Å²) >= 11 is 0. The molecule has 0 saturated heterocycles. The summed E-state index contributed by atoms with van der Waals surface area (Å²) in [6.45, 7) is 3.30. The second-order valence-electron chi connectivity index (χ2n) is 4.34. The molecular formula is C13H18N2. The smallest absolute Gasteiger partial charge is 0.0485 e. The van der Waals surface area contributed by atoms with E-state index in [-0.39, 0.29) is 0 Å². The minimum Gasteiger partial charge on any atom is -0.323 e. The molecule has 0 fully saturated rings. The van der Waals surface area contributed by atoms with Crippen molar-refractivity contribution in [1.82, 2.24) is 9.30 Å². The molecule has 0 aliphatic carbocycles. The van der Waals surface area contributed by atoms with Gasteiger partial charge in [-0.1, -0.05) is 6.07 Å². The standard InChI is InChI=1S/C13H18N2/c1-11-10-15-8-5-4-6-13(15)12(11)7-9-14(2)3/h4-6,8,10H,7,9H2,1-3H3. The number of hydrogen-bond donors (Lipinski definition) is 0. The van der Waals surface area contributed by atoms with Gasteiger partial charge < -0.3 is 9.30 Å². The monoisotopic (exact) mass is 202 g/mol. The molecular weight excluding hydrogens is 184 g/mol. The zero-order valence-electron chi connectivity index (χ0n) is 9.70. The topological polar surface area (TPSA) is 7.65 Å². The van der Waals surface area contributed by atoms with E-state index in [0.29, 0.717) is 0 Å². The van der Waals surface area contributed by atoms with E-state index in [1.54, 1.807) is 0 Å². The van der Waals surface area contributed by atoms with Crippen LogP contribution in [0, 0.1) is 6.92 Å². The summed E-state index contributed by atoms with van der Waals surface area (Å²) in [6.07, 6.45) is 5.45. The number of aryl methyl sites for hydroxylation is 1. The van der Waals surface area contributed by atoms with Crippen LogP contribution in [0.1, 0.15) is 11.1 Å². The fourth-order valence-electron chi connectivity index (χ4n) is 1.97. The van der Waals surface area contributed by atoms with Crippen LogP contribution >= 0.6 is 0 Å². The van der Waals surface area contributed by atoms with Crippen molar-refractivity contribution in [2.24, 2.45) is 0 Å². The van der Waals surface area contributed by atoms with Crippen LogP contribution in [-0.2, 0) is 6.42 Å². The van der Waals surface area contributed by atoms with Crippen LogP contribution in [0.5, 0.6) is 0 Å². The van der Waals surface area contributed by atoms with E-state index in [2.05, 4.69) is 60.9 Å². The second kappa shape index (κ2) is 4.07. The lowest BCUT2D eigenvalue weighted by molar-refractivity contribution is 0.414. The normalized spacial score (nSPS) is 11.5. The van der Waals surface area contributed by atoms with Gasteiger partial charge in [0.05, 0.1) is 0 Å². The van der Waals surface area contributed by atoms with Gasteiger partial charge in [-0.2, -0.15) is 0 Å². The quantitative estimate of drug-likeness (QED) is 0.741. The molecule has 0 unspecified atom stereocenters. The summed E-state index contributed by atoms with van der Waals surface area (Å²) < 4.78 is 2.21. The summed E-state index contributed by atoms with van der Waals surface area (Å²) in [4.78, 5) is 2.23. The number of pyridine rings is 1. The van der Waals surface area contributed by atoms with E-state index in [0.717, 1.165) is 13.0 Å². The summed E-state index contributed by atoms with van der Waals surface area (Å²) in [5.74, 6) is 0. The molecule has 2 heteroatoms. The number of hydrogen-bond acceptors (Lipinski definition) is 1. The van der Waals surface area contributed by atoms with Gasteiger partial charge in [-0.3, -0.25) is 0 Å². The Balaban J connectivity index is 2.36. The number of fused-ring (bicyclic) bond motifs is 1. The Labute approximate surface area is 91.1 Å². The van der Waals surface area contributed by atoms with E-state index in [1.807, 2.05) is 0 Å². The Morgan fingerprint density at radius 3 is 2.80 bits per heavy atom. The van der Waals surface area contributed by atoms with Gasteiger partial charge in [-0.05, 0) is 50.7 Å². The van der Waals surface area contributed by atoms with Crippen molar-refractivity contribution < 1.29 is 0 Å². The van der Waals surface area contributed by atoms with Crippen molar-refractivity contribution in [1.29, 1.82) is 0 Å². The SMILES string of the molecule is Cc1cn2ccccc2c1CCN(C)C. The zero-order valence-corrected chi connectivity index (χ0v) is 9.70. The second-order valence-corrected chi connectivity index (χ2v) is 4.34. The molecule has 0 aromatic carbocycles. The molecule has 0 N–H and O–H groups in total. The highest BCUT2D eigenvalue weighted by Crippen LogP contribution is 2.18. The predicted octanol–water partition coefficient (Wildman–Crippen LogP) is 2.35. The van der Waals surface area contributed by atoms with Gasteiger partial charge >= 0.3 is 0 Å². The van der Waals surface area contributed by atoms with Crippen LogP contribution in [0.25, 0.3) is 5.52 Å². The largest absolute Gasteiger partial charge is 0.323 e. The molecule has 0 amide bonds. The molecule has 0 aliphatic heterocycles. The molecule has 0 saturated carbocycles. The Morgan fingerprint density at radius 2 is 2.07 bits per heavy atom. The lowest BCUT2D eigenvalue weighted by Gasteiger charge is -2.09. The van der Waals surface area contributed by atoms with E-state index in [1.165, 1.54) is 16.6 Å². The lowest BCUT2D eigenvalue weighted by Crippen LogP contribution is -2.15. The molecule has 2 nitrogen and oxygen atoms in total. The van der Waals surface area contributed by atoms with Crippen LogP contribution in [0.3, 0.4) is 0 Å². The maximum Gasteiger partial charge on any atom is 0.0485 e. The van der Waals surface area contributed by atoms with Crippen molar-refractivity contribution in [2.45, 2.75) is 13.3 Å². The van der Waals surface area contributed by atoms with Gasteiger partial charge in [-0.15, -0.1) is 0 Å². The first-order valence-electron chi connectivity index (χ1n) is 5.38. The van der Waals surface area contributed by atoms with Crippen molar-refractivity contribution >= 4 is 5.52 Å². The number of aromatic nitrogens is 1. The van der Waals surface area contributed by atoms with E-state index in [4.69, 9.17) is 0 Å². The van der Waals surface area contributed by atoms with Gasteiger partial charge in [0.15, 0.2) is 0 Å². The van der Waals surface area contributed by atoms with Crippen LogP contribution in [0.15, 0.2) is 30.6 Å². The van der Waals surface area contributed by atoms with Gasteiger partial charge in [0.2, 0.25) is 0 Å². The molecule has 2 rings (SSSR count). The first-order valence-corrected chi connectivity index (χ1v) is 5.38. The molecule has 0 atom stereocenters. The Morgan fingerprint density at radius 1 is 1.27 bits per heavy atom. The summed E-state index contributed by atoms with van der Waals surface area (Å²) in [5.41, 5.74) is 4.21. The van der Waals surface area contributed by atoms with Crippen LogP contribution in [-0.4, -0.2) is 29.9 Å². The van der Waals surface area contributed by atoms with Crippen LogP contribution in [0.4, 0.5) is 0 Å². The zero-order chi connectivity index (χ0) is 10.8. The average molecular weight is 202 g/mol. The van der Waals surface area contributed by atoms with E-state index in [9.17, 15) is 0 Å². The third-order valence-electron chi connectivity index (χ3n) is 2.82. The Bertz CT molecular complexity index is 455. The van der Waals surface area contributed by atoms with Crippen molar-refractivity contribution in [3.05, 3.63) is 41.7 Å². The summed E-state index contributed by atoms with van der Waals surface area (Å²) in [6, 6.07) is 6.37. The summed E-state index contributed by atoms with van der Waals surface area (Å²) in [7, 11) is 4.24. The Hall–Kier alpha value is -1.28.